The van der Waals surface area contributed by atoms with Crippen molar-refractivity contribution in [2.75, 3.05) is 6.61 Å². The number of rotatable bonds is 5. The highest BCUT2D eigenvalue weighted by Crippen LogP contribution is 2.22. The molecule has 0 aliphatic heterocycles. The van der Waals surface area contributed by atoms with E-state index < -0.39 is 11.8 Å². The van der Waals surface area contributed by atoms with Crippen LogP contribution in [0.5, 0.6) is 5.75 Å². The lowest BCUT2D eigenvalue weighted by atomic mass is 10.2. The van der Waals surface area contributed by atoms with E-state index in [0.29, 0.717) is 6.42 Å². The van der Waals surface area contributed by atoms with Gasteiger partial charge in [0.05, 0.1) is 6.61 Å². The van der Waals surface area contributed by atoms with Crippen LogP contribution in [0.15, 0.2) is 42.7 Å². The van der Waals surface area contributed by atoms with Crippen LogP contribution in [-0.2, 0) is 6.42 Å². The molecule has 0 amide bonds. The van der Waals surface area contributed by atoms with Gasteiger partial charge in [-0.1, -0.05) is 12.1 Å². The topological polar surface area (TPSA) is 59.4 Å². The molecule has 5 heteroatoms. The normalized spacial score (nSPS) is 10.2. The van der Waals surface area contributed by atoms with E-state index in [1.165, 1.54) is 18.2 Å². The molecule has 1 aromatic heterocycles. The van der Waals surface area contributed by atoms with Crippen LogP contribution in [0.2, 0.25) is 0 Å². The molecule has 0 saturated heterocycles. The number of hydrogen-bond donors (Lipinski definition) is 1. The number of hydrogen-bond acceptors (Lipinski definition) is 3. The van der Waals surface area contributed by atoms with Crippen molar-refractivity contribution in [2.45, 2.75) is 6.42 Å². The minimum absolute atomic E-state index is 0.175. The molecule has 19 heavy (non-hydrogen) atoms. The zero-order valence-corrected chi connectivity index (χ0v) is 10.0. The van der Waals surface area contributed by atoms with Crippen molar-refractivity contribution >= 4 is 5.97 Å². The summed E-state index contributed by atoms with van der Waals surface area (Å²) in [7, 11) is 0. The SMILES string of the molecule is O=C(O)c1cccc(F)c1OCCc1cccnc1. The Balaban J connectivity index is 2.05. The van der Waals surface area contributed by atoms with Gasteiger partial charge in [-0.15, -0.1) is 0 Å². The first kappa shape index (κ1) is 13.0. The number of ether oxygens (including phenoxy) is 1. The van der Waals surface area contributed by atoms with Gasteiger partial charge in [0.25, 0.3) is 0 Å². The van der Waals surface area contributed by atoms with Crippen molar-refractivity contribution in [3.05, 3.63) is 59.7 Å². The summed E-state index contributed by atoms with van der Waals surface area (Å²) in [6.07, 6.45) is 3.87. The summed E-state index contributed by atoms with van der Waals surface area (Å²) in [4.78, 5) is 14.9. The molecular weight excluding hydrogens is 249 g/mol. The highest BCUT2D eigenvalue weighted by molar-refractivity contribution is 5.90. The fraction of sp³-hybridized carbons (Fsp3) is 0.143. The largest absolute Gasteiger partial charge is 0.489 e. The van der Waals surface area contributed by atoms with Gasteiger partial charge in [0.1, 0.15) is 5.56 Å². The average molecular weight is 261 g/mol. The van der Waals surface area contributed by atoms with Gasteiger partial charge in [-0.3, -0.25) is 4.98 Å². The molecule has 0 spiro atoms. The third kappa shape index (κ3) is 3.28. The zero-order valence-electron chi connectivity index (χ0n) is 10.0. The fourth-order valence-corrected chi connectivity index (χ4v) is 1.64. The molecule has 1 aromatic carbocycles. The second kappa shape index (κ2) is 5.95. The van der Waals surface area contributed by atoms with Crippen LogP contribution < -0.4 is 4.74 Å². The fourth-order valence-electron chi connectivity index (χ4n) is 1.64. The van der Waals surface area contributed by atoms with Gasteiger partial charge in [-0.05, 0) is 23.8 Å². The number of carbonyl (C=O) groups is 1. The van der Waals surface area contributed by atoms with Crippen molar-refractivity contribution in [2.24, 2.45) is 0 Å². The second-order valence-corrected chi connectivity index (χ2v) is 3.88. The Morgan fingerprint density at radius 1 is 1.32 bits per heavy atom. The summed E-state index contributed by atoms with van der Waals surface area (Å²) in [5.41, 5.74) is 0.766. The van der Waals surface area contributed by atoms with Crippen LogP contribution in [0.1, 0.15) is 15.9 Å². The predicted molar refractivity (Wildman–Crippen MR) is 66.8 cm³/mol. The Morgan fingerprint density at radius 2 is 2.16 bits per heavy atom. The summed E-state index contributed by atoms with van der Waals surface area (Å²) < 4.78 is 18.8. The van der Waals surface area contributed by atoms with Crippen molar-refractivity contribution in [3.8, 4) is 5.75 Å². The molecule has 4 nitrogen and oxygen atoms in total. The number of carboxylic acid groups (broad SMARTS) is 1. The van der Waals surface area contributed by atoms with E-state index >= 15 is 0 Å². The number of pyridine rings is 1. The Kier molecular flexibility index (Phi) is 4.07. The standard InChI is InChI=1S/C14H12FNO3/c15-12-5-1-4-11(14(17)18)13(12)19-8-6-10-3-2-7-16-9-10/h1-5,7,9H,6,8H2,(H,17,18). The Bertz CT molecular complexity index is 572. The third-order valence-corrected chi connectivity index (χ3v) is 2.56. The highest BCUT2D eigenvalue weighted by atomic mass is 19.1. The third-order valence-electron chi connectivity index (χ3n) is 2.56. The number of benzene rings is 1. The van der Waals surface area contributed by atoms with Gasteiger partial charge in [0.15, 0.2) is 11.6 Å². The number of aromatic carboxylic acids is 1. The van der Waals surface area contributed by atoms with E-state index in [4.69, 9.17) is 9.84 Å². The van der Waals surface area contributed by atoms with Crippen molar-refractivity contribution < 1.29 is 19.0 Å². The van der Waals surface area contributed by atoms with Crippen LogP contribution >= 0.6 is 0 Å². The lowest BCUT2D eigenvalue weighted by Gasteiger charge is -2.09. The summed E-state index contributed by atoms with van der Waals surface area (Å²) in [5.74, 6) is -2.11. The van der Waals surface area contributed by atoms with E-state index in [0.717, 1.165) is 5.56 Å². The molecule has 0 bridgehead atoms. The number of carboxylic acids is 1. The molecule has 1 heterocycles. The molecule has 2 rings (SSSR count). The van der Waals surface area contributed by atoms with Gasteiger partial charge in [0.2, 0.25) is 0 Å². The van der Waals surface area contributed by atoms with Crippen LogP contribution in [-0.4, -0.2) is 22.7 Å². The smallest absolute Gasteiger partial charge is 0.339 e. The Hall–Kier alpha value is -2.43. The van der Waals surface area contributed by atoms with E-state index in [1.807, 2.05) is 6.07 Å². The quantitative estimate of drug-likeness (QED) is 0.898. The van der Waals surface area contributed by atoms with Crippen LogP contribution in [0.25, 0.3) is 0 Å². The molecule has 0 saturated carbocycles. The molecule has 0 atom stereocenters. The Labute approximate surface area is 109 Å². The minimum Gasteiger partial charge on any atom is -0.489 e. The highest BCUT2D eigenvalue weighted by Gasteiger charge is 2.15. The molecule has 0 fully saturated rings. The van der Waals surface area contributed by atoms with Gasteiger partial charge in [-0.2, -0.15) is 0 Å². The van der Waals surface area contributed by atoms with Gasteiger partial charge >= 0.3 is 5.97 Å². The van der Waals surface area contributed by atoms with Crippen LogP contribution in [0.4, 0.5) is 4.39 Å². The van der Waals surface area contributed by atoms with Crippen molar-refractivity contribution in [3.63, 3.8) is 0 Å². The molecule has 0 aliphatic rings. The van der Waals surface area contributed by atoms with E-state index in [9.17, 15) is 9.18 Å². The Morgan fingerprint density at radius 3 is 2.84 bits per heavy atom. The van der Waals surface area contributed by atoms with Gasteiger partial charge in [-0.25, -0.2) is 9.18 Å². The lowest BCUT2D eigenvalue weighted by molar-refractivity contribution is 0.0691. The number of para-hydroxylation sites is 1. The molecule has 1 N–H and O–H groups in total. The number of aromatic nitrogens is 1. The predicted octanol–water partition coefficient (Wildman–Crippen LogP) is 2.54. The maximum atomic E-state index is 13.5. The summed E-state index contributed by atoms with van der Waals surface area (Å²) >= 11 is 0. The van der Waals surface area contributed by atoms with Crippen LogP contribution in [0.3, 0.4) is 0 Å². The van der Waals surface area contributed by atoms with Gasteiger partial charge in [0, 0.05) is 18.8 Å². The van der Waals surface area contributed by atoms with Gasteiger partial charge < -0.3 is 9.84 Å². The maximum absolute atomic E-state index is 13.5. The van der Waals surface area contributed by atoms with E-state index in [-0.39, 0.29) is 17.9 Å². The second-order valence-electron chi connectivity index (χ2n) is 3.88. The summed E-state index contributed by atoms with van der Waals surface area (Å²) in [6.45, 7) is 0.187. The first-order chi connectivity index (χ1) is 9.18. The lowest BCUT2D eigenvalue weighted by Crippen LogP contribution is -2.08. The van der Waals surface area contributed by atoms with Crippen molar-refractivity contribution in [1.29, 1.82) is 0 Å². The van der Waals surface area contributed by atoms with E-state index in [2.05, 4.69) is 4.98 Å². The molecule has 0 unspecified atom stereocenters. The average Bonchev–Trinajstić information content (AvgIpc) is 2.41. The zero-order chi connectivity index (χ0) is 13.7. The maximum Gasteiger partial charge on any atom is 0.339 e. The first-order valence-corrected chi connectivity index (χ1v) is 5.72. The first-order valence-electron chi connectivity index (χ1n) is 5.72. The molecule has 0 aliphatic carbocycles. The molecular formula is C14H12FNO3. The summed E-state index contributed by atoms with van der Waals surface area (Å²) in [5, 5.41) is 8.95. The molecule has 2 aromatic rings. The van der Waals surface area contributed by atoms with E-state index in [1.54, 1.807) is 18.5 Å². The molecule has 0 radical (unpaired) electrons. The molecule has 98 valence electrons. The monoisotopic (exact) mass is 261 g/mol. The van der Waals surface area contributed by atoms with Crippen molar-refractivity contribution in [1.82, 2.24) is 4.98 Å². The number of halogens is 1. The van der Waals surface area contributed by atoms with Crippen LogP contribution in [0, 0.1) is 5.82 Å². The summed E-state index contributed by atoms with van der Waals surface area (Å²) in [6, 6.07) is 7.49. The number of nitrogens with zero attached hydrogens (tertiary/aromatic N) is 1. The minimum atomic E-state index is -1.21.